The normalized spacial score (nSPS) is 20.6. The molecular formula is C18H30N2O. The van der Waals surface area contributed by atoms with Gasteiger partial charge in [0, 0.05) is 12.1 Å². The summed E-state index contributed by atoms with van der Waals surface area (Å²) in [6, 6.07) is 9.65. The van der Waals surface area contributed by atoms with Crippen LogP contribution in [-0.2, 0) is 0 Å². The van der Waals surface area contributed by atoms with Gasteiger partial charge in [0.15, 0.2) is 0 Å². The van der Waals surface area contributed by atoms with Gasteiger partial charge >= 0.3 is 0 Å². The van der Waals surface area contributed by atoms with Crippen LogP contribution in [0.15, 0.2) is 24.3 Å². The molecule has 118 valence electrons. The predicted octanol–water partition coefficient (Wildman–Crippen LogP) is 3.61. The predicted molar refractivity (Wildman–Crippen MR) is 88.9 cm³/mol. The average Bonchev–Trinajstić information content (AvgIpc) is 2.91. The van der Waals surface area contributed by atoms with Crippen LogP contribution in [0.2, 0.25) is 0 Å². The van der Waals surface area contributed by atoms with Gasteiger partial charge in [0.05, 0.1) is 6.61 Å². The summed E-state index contributed by atoms with van der Waals surface area (Å²) in [6.07, 6.45) is 4.95. The Morgan fingerprint density at radius 3 is 2.71 bits per heavy atom. The van der Waals surface area contributed by atoms with Crippen molar-refractivity contribution in [1.29, 1.82) is 0 Å². The highest BCUT2D eigenvalue weighted by Gasteiger charge is 2.20. The second kappa shape index (κ2) is 8.40. The lowest BCUT2D eigenvalue weighted by Gasteiger charge is -2.19. The van der Waals surface area contributed by atoms with Crippen LogP contribution in [0.25, 0.3) is 0 Å². The molecule has 2 unspecified atom stereocenters. The summed E-state index contributed by atoms with van der Waals surface area (Å²) in [6.45, 7) is 7.52. The smallest absolute Gasteiger partial charge is 0.119 e. The number of nitrogens with zero attached hydrogens (tertiary/aromatic N) is 1. The molecule has 3 nitrogen and oxygen atoms in total. The summed E-state index contributed by atoms with van der Waals surface area (Å²) in [7, 11) is 2.22. The molecule has 1 aliphatic heterocycles. The number of hydrogen-bond donors (Lipinski definition) is 1. The highest BCUT2D eigenvalue weighted by molar-refractivity contribution is 5.28. The minimum absolute atomic E-state index is 0.408. The molecule has 0 aromatic heterocycles. The van der Waals surface area contributed by atoms with Crippen molar-refractivity contribution in [2.24, 2.45) is 0 Å². The van der Waals surface area contributed by atoms with Crippen LogP contribution < -0.4 is 10.1 Å². The molecule has 1 aromatic rings. The molecule has 0 spiro atoms. The fourth-order valence-corrected chi connectivity index (χ4v) is 2.99. The van der Waals surface area contributed by atoms with E-state index in [4.69, 9.17) is 4.74 Å². The van der Waals surface area contributed by atoms with Gasteiger partial charge in [-0.25, -0.2) is 0 Å². The molecule has 1 aliphatic rings. The van der Waals surface area contributed by atoms with Crippen LogP contribution >= 0.6 is 0 Å². The van der Waals surface area contributed by atoms with Gasteiger partial charge in [0.25, 0.3) is 0 Å². The largest absolute Gasteiger partial charge is 0.494 e. The lowest BCUT2D eigenvalue weighted by atomic mass is 10.1. The monoisotopic (exact) mass is 290 g/mol. The van der Waals surface area contributed by atoms with Crippen molar-refractivity contribution < 1.29 is 4.74 Å². The molecule has 2 rings (SSSR count). The summed E-state index contributed by atoms with van der Waals surface area (Å²) >= 11 is 0. The number of rotatable bonds is 8. The number of nitrogens with one attached hydrogen (secondary N) is 1. The van der Waals surface area contributed by atoms with Gasteiger partial charge in [-0.3, -0.25) is 0 Å². The molecule has 21 heavy (non-hydrogen) atoms. The maximum Gasteiger partial charge on any atom is 0.119 e. The summed E-state index contributed by atoms with van der Waals surface area (Å²) in [5.41, 5.74) is 1.33. The molecular weight excluding hydrogens is 260 g/mol. The molecule has 2 atom stereocenters. The lowest BCUT2D eigenvalue weighted by molar-refractivity contribution is 0.233. The van der Waals surface area contributed by atoms with E-state index >= 15 is 0 Å². The van der Waals surface area contributed by atoms with E-state index in [1.165, 1.54) is 31.4 Å². The summed E-state index contributed by atoms with van der Waals surface area (Å²) in [5, 5.41) is 3.51. The summed E-state index contributed by atoms with van der Waals surface area (Å²) < 4.78 is 5.89. The van der Waals surface area contributed by atoms with Crippen LogP contribution in [0.1, 0.15) is 51.1 Å². The maximum atomic E-state index is 5.89. The number of ether oxygens (including phenoxy) is 1. The van der Waals surface area contributed by atoms with Crippen molar-refractivity contribution in [3.05, 3.63) is 29.8 Å². The first-order valence-corrected chi connectivity index (χ1v) is 8.37. The van der Waals surface area contributed by atoms with E-state index in [0.717, 1.165) is 25.3 Å². The molecule has 1 fully saturated rings. The molecule has 0 saturated carbocycles. The number of benzene rings is 1. The second-order valence-corrected chi connectivity index (χ2v) is 6.16. The van der Waals surface area contributed by atoms with Crippen LogP contribution in [0.4, 0.5) is 0 Å². The zero-order valence-corrected chi connectivity index (χ0v) is 13.8. The van der Waals surface area contributed by atoms with E-state index in [0.29, 0.717) is 12.1 Å². The molecule has 1 saturated heterocycles. The van der Waals surface area contributed by atoms with Crippen molar-refractivity contribution in [3.8, 4) is 5.75 Å². The Morgan fingerprint density at radius 2 is 2.10 bits per heavy atom. The zero-order valence-electron chi connectivity index (χ0n) is 13.8. The Balaban J connectivity index is 1.74. The lowest BCUT2D eigenvalue weighted by Crippen LogP contribution is -2.26. The van der Waals surface area contributed by atoms with E-state index < -0.39 is 0 Å². The molecule has 0 amide bonds. The minimum atomic E-state index is 0.408. The molecule has 1 heterocycles. The van der Waals surface area contributed by atoms with Gasteiger partial charge < -0.3 is 15.0 Å². The molecule has 3 heteroatoms. The van der Waals surface area contributed by atoms with Crippen molar-refractivity contribution >= 4 is 0 Å². The van der Waals surface area contributed by atoms with Crippen LogP contribution in [0, 0.1) is 0 Å². The number of hydrogen-bond acceptors (Lipinski definition) is 3. The van der Waals surface area contributed by atoms with E-state index in [9.17, 15) is 0 Å². The maximum absolute atomic E-state index is 5.89. The van der Waals surface area contributed by atoms with Crippen molar-refractivity contribution in [1.82, 2.24) is 10.2 Å². The quantitative estimate of drug-likeness (QED) is 0.791. The SMILES string of the molecule is CCCNC(C)c1ccc(OCCC2CCCN2C)cc1. The van der Waals surface area contributed by atoms with Gasteiger partial charge in [0.1, 0.15) is 5.75 Å². The van der Waals surface area contributed by atoms with E-state index in [-0.39, 0.29) is 0 Å². The number of likely N-dealkylation sites (tertiary alicyclic amines) is 1. The Hall–Kier alpha value is -1.06. The standard InChI is InChI=1S/C18H30N2O/c1-4-12-19-15(2)16-7-9-18(10-8-16)21-14-11-17-6-5-13-20(17)3/h7-10,15,17,19H,4-6,11-14H2,1-3H3. The first-order valence-electron chi connectivity index (χ1n) is 8.37. The van der Waals surface area contributed by atoms with Crippen LogP contribution in [0.5, 0.6) is 5.75 Å². The highest BCUT2D eigenvalue weighted by atomic mass is 16.5. The third-order valence-corrected chi connectivity index (χ3v) is 4.47. The molecule has 1 N–H and O–H groups in total. The first-order chi connectivity index (χ1) is 10.2. The Kier molecular flexibility index (Phi) is 6.52. The van der Waals surface area contributed by atoms with Gasteiger partial charge in [-0.15, -0.1) is 0 Å². The van der Waals surface area contributed by atoms with Gasteiger partial charge in [-0.05, 0) is 70.4 Å². The Morgan fingerprint density at radius 1 is 1.33 bits per heavy atom. The average molecular weight is 290 g/mol. The van der Waals surface area contributed by atoms with Gasteiger partial charge in [0.2, 0.25) is 0 Å². The molecule has 0 aliphatic carbocycles. The van der Waals surface area contributed by atoms with Crippen molar-refractivity contribution in [3.63, 3.8) is 0 Å². The molecule has 0 radical (unpaired) electrons. The van der Waals surface area contributed by atoms with E-state index in [1.54, 1.807) is 0 Å². The van der Waals surface area contributed by atoms with Crippen LogP contribution in [-0.4, -0.2) is 37.7 Å². The fraction of sp³-hybridized carbons (Fsp3) is 0.667. The van der Waals surface area contributed by atoms with Crippen molar-refractivity contribution in [2.75, 3.05) is 26.7 Å². The summed E-state index contributed by atoms with van der Waals surface area (Å²) in [4.78, 5) is 2.45. The third-order valence-electron chi connectivity index (χ3n) is 4.47. The third kappa shape index (κ3) is 5.01. The molecule has 0 bridgehead atoms. The highest BCUT2D eigenvalue weighted by Crippen LogP contribution is 2.20. The van der Waals surface area contributed by atoms with E-state index in [1.807, 2.05) is 0 Å². The van der Waals surface area contributed by atoms with Crippen LogP contribution in [0.3, 0.4) is 0 Å². The first kappa shape index (κ1) is 16.3. The van der Waals surface area contributed by atoms with Gasteiger partial charge in [-0.2, -0.15) is 0 Å². The molecule has 1 aromatic carbocycles. The zero-order chi connectivity index (χ0) is 15.1. The minimum Gasteiger partial charge on any atom is -0.494 e. The topological polar surface area (TPSA) is 24.5 Å². The Bertz CT molecular complexity index is 404. The van der Waals surface area contributed by atoms with E-state index in [2.05, 4.69) is 55.4 Å². The Labute approximate surface area is 129 Å². The summed E-state index contributed by atoms with van der Waals surface area (Å²) in [5.74, 6) is 0.988. The van der Waals surface area contributed by atoms with Gasteiger partial charge in [-0.1, -0.05) is 19.1 Å². The van der Waals surface area contributed by atoms with Crippen molar-refractivity contribution in [2.45, 2.75) is 51.6 Å². The fourth-order valence-electron chi connectivity index (χ4n) is 2.99. The second-order valence-electron chi connectivity index (χ2n) is 6.16.